The van der Waals surface area contributed by atoms with Crippen LogP contribution in [0.1, 0.15) is 47.2 Å². The Bertz CT molecular complexity index is 1030. The standard InChI is InChI=1S/C22H26F3N3O5/c1-12-2-4-14(32-12)8-26-21(29)20-18(22(23,24)25)17-16(33-20)5-3-13-9-28(27-19(13)17)10-15-11-30-6-7-31-15/h9,12,14-15H,2-8,10-11H2,1H3,(H,26,29)/t12-,14-,15+/m1/s1. The third kappa shape index (κ3) is 4.53. The maximum atomic E-state index is 14.2. The predicted octanol–water partition coefficient (Wildman–Crippen LogP) is 2.97. The van der Waals surface area contributed by atoms with Crippen LogP contribution < -0.4 is 5.32 Å². The number of amides is 1. The molecular formula is C22H26F3N3O5. The summed E-state index contributed by atoms with van der Waals surface area (Å²) in [5.74, 6) is -1.48. The summed E-state index contributed by atoms with van der Waals surface area (Å²) < 4.78 is 66.2. The summed E-state index contributed by atoms with van der Waals surface area (Å²) in [4.78, 5) is 12.7. The molecule has 180 valence electrons. The number of aryl methyl sites for hydroxylation is 2. The number of nitrogens with one attached hydrogen (secondary N) is 1. The van der Waals surface area contributed by atoms with Crippen molar-refractivity contribution in [3.05, 3.63) is 28.8 Å². The topological polar surface area (TPSA) is 87.8 Å². The zero-order chi connectivity index (χ0) is 23.2. The zero-order valence-electron chi connectivity index (χ0n) is 18.2. The summed E-state index contributed by atoms with van der Waals surface area (Å²) >= 11 is 0. The molecule has 0 radical (unpaired) electrons. The van der Waals surface area contributed by atoms with Crippen LogP contribution in [0, 0.1) is 0 Å². The Hall–Kier alpha value is -2.37. The monoisotopic (exact) mass is 469 g/mol. The highest BCUT2D eigenvalue weighted by Crippen LogP contribution is 2.46. The maximum absolute atomic E-state index is 14.2. The lowest BCUT2D eigenvalue weighted by Crippen LogP contribution is -2.33. The third-order valence-electron chi connectivity index (χ3n) is 6.25. The Kier molecular flexibility index (Phi) is 5.96. The van der Waals surface area contributed by atoms with Gasteiger partial charge in [-0.15, -0.1) is 0 Å². The second-order valence-corrected chi connectivity index (χ2v) is 8.75. The van der Waals surface area contributed by atoms with Gasteiger partial charge in [0.2, 0.25) is 5.76 Å². The number of furan rings is 1. The molecule has 0 saturated carbocycles. The van der Waals surface area contributed by atoms with Crippen LogP contribution in [0.2, 0.25) is 0 Å². The number of ether oxygens (including phenoxy) is 3. The van der Waals surface area contributed by atoms with E-state index >= 15 is 0 Å². The molecule has 2 aromatic rings. The summed E-state index contributed by atoms with van der Waals surface area (Å²) in [6.07, 6.45) is -1.05. The number of nitrogens with zero attached hydrogens (tertiary/aromatic N) is 2. The second-order valence-electron chi connectivity index (χ2n) is 8.75. The van der Waals surface area contributed by atoms with Crippen LogP contribution in [0.3, 0.4) is 0 Å². The Morgan fingerprint density at radius 2 is 2.09 bits per heavy atom. The zero-order valence-corrected chi connectivity index (χ0v) is 18.2. The van der Waals surface area contributed by atoms with Gasteiger partial charge in [-0.3, -0.25) is 9.48 Å². The van der Waals surface area contributed by atoms with E-state index < -0.39 is 23.4 Å². The Morgan fingerprint density at radius 3 is 2.79 bits per heavy atom. The summed E-state index contributed by atoms with van der Waals surface area (Å²) in [6, 6.07) is 0. The highest BCUT2D eigenvalue weighted by atomic mass is 19.4. The number of fused-ring (bicyclic) bond motifs is 3. The molecule has 2 aliphatic heterocycles. The molecule has 0 spiro atoms. The van der Waals surface area contributed by atoms with Gasteiger partial charge in [-0.25, -0.2) is 0 Å². The molecule has 2 fully saturated rings. The Morgan fingerprint density at radius 1 is 1.24 bits per heavy atom. The molecule has 1 N–H and O–H groups in total. The molecule has 4 heterocycles. The minimum absolute atomic E-state index is 0.0765. The van der Waals surface area contributed by atoms with Gasteiger partial charge in [-0.05, 0) is 31.7 Å². The van der Waals surface area contributed by atoms with E-state index in [1.54, 1.807) is 10.9 Å². The smallest absolute Gasteiger partial charge is 0.420 e. The van der Waals surface area contributed by atoms with Gasteiger partial charge in [0.05, 0.1) is 49.8 Å². The lowest BCUT2D eigenvalue weighted by Gasteiger charge is -2.22. The molecule has 33 heavy (non-hydrogen) atoms. The molecule has 2 aromatic heterocycles. The Balaban J connectivity index is 1.42. The van der Waals surface area contributed by atoms with Crippen LogP contribution >= 0.6 is 0 Å². The average molecular weight is 469 g/mol. The molecule has 8 nitrogen and oxygen atoms in total. The molecule has 3 aliphatic rings. The molecule has 0 bridgehead atoms. The first-order valence-electron chi connectivity index (χ1n) is 11.2. The fraction of sp³-hybridized carbons (Fsp3) is 0.636. The lowest BCUT2D eigenvalue weighted by atomic mass is 9.93. The minimum atomic E-state index is -4.78. The highest BCUT2D eigenvalue weighted by Gasteiger charge is 2.45. The number of alkyl halides is 3. The Labute approximate surface area is 188 Å². The largest absolute Gasteiger partial charge is 0.455 e. The van der Waals surface area contributed by atoms with Crippen LogP contribution in [-0.2, 0) is 39.8 Å². The van der Waals surface area contributed by atoms with E-state index in [-0.39, 0.29) is 48.3 Å². The van der Waals surface area contributed by atoms with Crippen molar-refractivity contribution in [3.63, 3.8) is 0 Å². The first-order valence-corrected chi connectivity index (χ1v) is 11.2. The first kappa shape index (κ1) is 22.4. The maximum Gasteiger partial charge on any atom is 0.420 e. The van der Waals surface area contributed by atoms with Crippen LogP contribution in [0.4, 0.5) is 13.2 Å². The summed E-state index contributed by atoms with van der Waals surface area (Å²) in [5.41, 5.74) is -0.319. The van der Waals surface area contributed by atoms with Crippen LogP contribution in [0.15, 0.2) is 10.6 Å². The van der Waals surface area contributed by atoms with E-state index in [4.69, 9.17) is 18.6 Å². The number of aromatic nitrogens is 2. The number of carbonyl (C=O) groups is 1. The molecule has 5 rings (SSSR count). The summed E-state index contributed by atoms with van der Waals surface area (Å²) in [5, 5.41) is 6.97. The van der Waals surface area contributed by atoms with Crippen molar-refractivity contribution in [2.24, 2.45) is 0 Å². The molecule has 1 amide bonds. The predicted molar refractivity (Wildman–Crippen MR) is 109 cm³/mol. The summed E-state index contributed by atoms with van der Waals surface area (Å²) in [6.45, 7) is 3.83. The van der Waals surface area contributed by atoms with Crippen molar-refractivity contribution in [1.82, 2.24) is 15.1 Å². The van der Waals surface area contributed by atoms with Gasteiger partial charge in [0.1, 0.15) is 17.4 Å². The van der Waals surface area contributed by atoms with Crippen LogP contribution in [0.5, 0.6) is 0 Å². The van der Waals surface area contributed by atoms with Crippen molar-refractivity contribution in [3.8, 4) is 11.3 Å². The van der Waals surface area contributed by atoms with Gasteiger partial charge in [-0.1, -0.05) is 0 Å². The fourth-order valence-corrected chi connectivity index (χ4v) is 4.71. The van der Waals surface area contributed by atoms with E-state index in [1.165, 1.54) is 0 Å². The first-order chi connectivity index (χ1) is 15.8. The minimum Gasteiger partial charge on any atom is -0.455 e. The van der Waals surface area contributed by atoms with E-state index in [2.05, 4.69) is 10.4 Å². The van der Waals surface area contributed by atoms with E-state index in [9.17, 15) is 18.0 Å². The SMILES string of the molecule is C[C@@H]1CC[C@H](CNC(=O)c2oc3c(c2C(F)(F)F)-c2nn(C[C@H]4COCCO4)cc2CC3)O1. The number of hydrogen-bond donors (Lipinski definition) is 1. The summed E-state index contributed by atoms with van der Waals surface area (Å²) in [7, 11) is 0. The van der Waals surface area contributed by atoms with Crippen molar-refractivity contribution >= 4 is 5.91 Å². The number of hydrogen-bond acceptors (Lipinski definition) is 6. The van der Waals surface area contributed by atoms with E-state index in [1.807, 2.05) is 6.92 Å². The van der Waals surface area contributed by atoms with Crippen molar-refractivity contribution in [1.29, 1.82) is 0 Å². The van der Waals surface area contributed by atoms with Crippen LogP contribution in [-0.4, -0.2) is 60.4 Å². The van der Waals surface area contributed by atoms with Gasteiger partial charge >= 0.3 is 6.18 Å². The molecule has 3 atom stereocenters. The average Bonchev–Trinajstić information content (AvgIpc) is 3.47. The lowest BCUT2D eigenvalue weighted by molar-refractivity contribution is -0.137. The molecule has 11 heteroatoms. The van der Waals surface area contributed by atoms with E-state index in [0.29, 0.717) is 38.3 Å². The molecule has 2 saturated heterocycles. The van der Waals surface area contributed by atoms with Gasteiger partial charge in [-0.2, -0.15) is 18.3 Å². The van der Waals surface area contributed by atoms with Gasteiger partial charge in [0, 0.05) is 19.2 Å². The molecule has 1 aliphatic carbocycles. The number of carbonyl (C=O) groups excluding carboxylic acids is 1. The van der Waals surface area contributed by atoms with Crippen LogP contribution in [0.25, 0.3) is 11.3 Å². The molecular weight excluding hydrogens is 443 g/mol. The number of rotatable bonds is 5. The third-order valence-corrected chi connectivity index (χ3v) is 6.25. The van der Waals surface area contributed by atoms with E-state index in [0.717, 1.165) is 12.8 Å². The van der Waals surface area contributed by atoms with Crippen molar-refractivity contribution in [2.45, 2.75) is 63.6 Å². The van der Waals surface area contributed by atoms with Crippen molar-refractivity contribution < 1.29 is 36.6 Å². The van der Waals surface area contributed by atoms with Gasteiger partial charge in [0.15, 0.2) is 0 Å². The fourth-order valence-electron chi connectivity index (χ4n) is 4.71. The highest BCUT2D eigenvalue weighted by molar-refractivity contribution is 5.96. The quantitative estimate of drug-likeness (QED) is 0.725. The molecule has 0 aromatic carbocycles. The normalized spacial score (nSPS) is 25.0. The molecule has 0 unspecified atom stereocenters. The van der Waals surface area contributed by atoms with Gasteiger partial charge in [0.25, 0.3) is 5.91 Å². The number of halogens is 3. The van der Waals surface area contributed by atoms with Gasteiger partial charge < -0.3 is 23.9 Å². The van der Waals surface area contributed by atoms with Crippen molar-refractivity contribution in [2.75, 3.05) is 26.4 Å². The second kappa shape index (κ2) is 8.77.